The van der Waals surface area contributed by atoms with Crippen LogP contribution >= 0.6 is 11.6 Å². The SMILES string of the molecule is O=C(Nc1ccc(-n2cccc2)cc1)c1ccc(Cl)cc1. The Kier molecular flexibility index (Phi) is 3.75. The van der Waals surface area contributed by atoms with Crippen molar-refractivity contribution in [3.05, 3.63) is 83.6 Å². The molecule has 1 N–H and O–H groups in total. The zero-order chi connectivity index (χ0) is 14.7. The quantitative estimate of drug-likeness (QED) is 0.764. The molecule has 3 nitrogen and oxygen atoms in total. The summed E-state index contributed by atoms with van der Waals surface area (Å²) in [7, 11) is 0. The molecule has 4 heteroatoms. The molecule has 3 rings (SSSR count). The van der Waals surface area contributed by atoms with Gasteiger partial charge < -0.3 is 9.88 Å². The Labute approximate surface area is 127 Å². The number of halogens is 1. The molecule has 0 saturated carbocycles. The average Bonchev–Trinajstić information content (AvgIpc) is 3.03. The van der Waals surface area contributed by atoms with E-state index in [-0.39, 0.29) is 5.91 Å². The summed E-state index contributed by atoms with van der Waals surface area (Å²) in [4.78, 5) is 12.1. The molecule has 0 unspecified atom stereocenters. The van der Waals surface area contributed by atoms with Gasteiger partial charge in [0.15, 0.2) is 0 Å². The van der Waals surface area contributed by atoms with Crippen LogP contribution in [0.4, 0.5) is 5.69 Å². The van der Waals surface area contributed by atoms with Crippen molar-refractivity contribution < 1.29 is 4.79 Å². The molecule has 0 aliphatic rings. The molecule has 104 valence electrons. The fraction of sp³-hybridized carbons (Fsp3) is 0. The van der Waals surface area contributed by atoms with Gasteiger partial charge in [0.25, 0.3) is 5.91 Å². The molecule has 2 aromatic carbocycles. The molecule has 0 fully saturated rings. The van der Waals surface area contributed by atoms with Gasteiger partial charge in [-0.2, -0.15) is 0 Å². The topological polar surface area (TPSA) is 34.0 Å². The number of amides is 1. The number of anilines is 1. The minimum absolute atomic E-state index is 0.152. The lowest BCUT2D eigenvalue weighted by Crippen LogP contribution is -2.11. The number of benzene rings is 2. The van der Waals surface area contributed by atoms with Crippen molar-refractivity contribution >= 4 is 23.2 Å². The van der Waals surface area contributed by atoms with Crippen molar-refractivity contribution in [2.24, 2.45) is 0 Å². The summed E-state index contributed by atoms with van der Waals surface area (Å²) in [6, 6.07) is 18.4. The maximum Gasteiger partial charge on any atom is 0.255 e. The van der Waals surface area contributed by atoms with Gasteiger partial charge in [0.1, 0.15) is 0 Å². The van der Waals surface area contributed by atoms with E-state index in [1.807, 2.05) is 53.4 Å². The maximum atomic E-state index is 12.1. The van der Waals surface area contributed by atoms with E-state index in [0.717, 1.165) is 11.4 Å². The summed E-state index contributed by atoms with van der Waals surface area (Å²) in [5, 5.41) is 3.47. The Bertz CT molecular complexity index is 731. The third kappa shape index (κ3) is 3.15. The predicted octanol–water partition coefficient (Wildman–Crippen LogP) is 4.38. The number of hydrogen-bond donors (Lipinski definition) is 1. The molecule has 1 heterocycles. The van der Waals surface area contributed by atoms with Crippen LogP contribution in [0.3, 0.4) is 0 Å². The molecule has 0 radical (unpaired) electrons. The minimum Gasteiger partial charge on any atom is -0.324 e. The highest BCUT2D eigenvalue weighted by molar-refractivity contribution is 6.30. The molecule has 0 aliphatic carbocycles. The van der Waals surface area contributed by atoms with E-state index in [1.165, 1.54) is 0 Å². The third-order valence-electron chi connectivity index (χ3n) is 3.13. The van der Waals surface area contributed by atoms with Crippen LogP contribution in [0.15, 0.2) is 73.1 Å². The molecule has 0 saturated heterocycles. The second kappa shape index (κ2) is 5.85. The van der Waals surface area contributed by atoms with Gasteiger partial charge in [0.2, 0.25) is 0 Å². The molecule has 21 heavy (non-hydrogen) atoms. The van der Waals surface area contributed by atoms with E-state index in [1.54, 1.807) is 24.3 Å². The average molecular weight is 297 g/mol. The van der Waals surface area contributed by atoms with Crippen molar-refractivity contribution in [1.29, 1.82) is 0 Å². The number of rotatable bonds is 3. The number of carbonyl (C=O) groups excluding carboxylic acids is 1. The zero-order valence-electron chi connectivity index (χ0n) is 11.2. The van der Waals surface area contributed by atoms with Crippen LogP contribution < -0.4 is 5.32 Å². The van der Waals surface area contributed by atoms with Crippen LogP contribution in [-0.2, 0) is 0 Å². The highest BCUT2D eigenvalue weighted by Gasteiger charge is 2.05. The smallest absolute Gasteiger partial charge is 0.255 e. The Morgan fingerprint density at radius 2 is 1.52 bits per heavy atom. The highest BCUT2D eigenvalue weighted by Crippen LogP contribution is 2.15. The van der Waals surface area contributed by atoms with Crippen molar-refractivity contribution in [2.75, 3.05) is 5.32 Å². The van der Waals surface area contributed by atoms with Crippen LogP contribution in [0.2, 0.25) is 5.02 Å². The first-order valence-electron chi connectivity index (χ1n) is 6.53. The van der Waals surface area contributed by atoms with Gasteiger partial charge in [-0.3, -0.25) is 4.79 Å². The zero-order valence-corrected chi connectivity index (χ0v) is 11.9. The van der Waals surface area contributed by atoms with Crippen molar-refractivity contribution in [3.8, 4) is 5.69 Å². The molecule has 0 aliphatic heterocycles. The van der Waals surface area contributed by atoms with Gasteiger partial charge in [-0.1, -0.05) is 11.6 Å². The Balaban J connectivity index is 1.73. The van der Waals surface area contributed by atoms with Crippen LogP contribution in [-0.4, -0.2) is 10.5 Å². The predicted molar refractivity (Wildman–Crippen MR) is 85.2 cm³/mol. The standard InChI is InChI=1S/C17H13ClN2O/c18-14-5-3-13(4-6-14)17(21)19-15-7-9-16(10-8-15)20-11-1-2-12-20/h1-12H,(H,19,21). The number of hydrogen-bond acceptors (Lipinski definition) is 1. The normalized spacial score (nSPS) is 10.3. The first kappa shape index (κ1) is 13.5. The second-order valence-electron chi connectivity index (χ2n) is 4.60. The molecule has 0 atom stereocenters. The van der Waals surface area contributed by atoms with E-state index < -0.39 is 0 Å². The van der Waals surface area contributed by atoms with Gasteiger partial charge in [-0.05, 0) is 60.7 Å². The summed E-state index contributed by atoms with van der Waals surface area (Å²) in [5.41, 5.74) is 2.38. The van der Waals surface area contributed by atoms with E-state index in [2.05, 4.69) is 5.32 Å². The molecule has 0 spiro atoms. The number of nitrogens with one attached hydrogen (secondary N) is 1. The molecule has 1 aromatic heterocycles. The number of aromatic nitrogens is 1. The molecule has 0 bridgehead atoms. The summed E-state index contributed by atoms with van der Waals surface area (Å²) in [5.74, 6) is -0.152. The fourth-order valence-electron chi connectivity index (χ4n) is 2.03. The summed E-state index contributed by atoms with van der Waals surface area (Å²) < 4.78 is 2.00. The minimum atomic E-state index is -0.152. The van der Waals surface area contributed by atoms with E-state index >= 15 is 0 Å². The number of nitrogens with zero attached hydrogens (tertiary/aromatic N) is 1. The largest absolute Gasteiger partial charge is 0.324 e. The summed E-state index contributed by atoms with van der Waals surface area (Å²) in [6.07, 6.45) is 3.95. The second-order valence-corrected chi connectivity index (χ2v) is 5.03. The van der Waals surface area contributed by atoms with Gasteiger partial charge >= 0.3 is 0 Å². The van der Waals surface area contributed by atoms with Crippen LogP contribution in [0.25, 0.3) is 5.69 Å². The monoisotopic (exact) mass is 296 g/mol. The summed E-state index contributed by atoms with van der Waals surface area (Å²) >= 11 is 5.81. The lowest BCUT2D eigenvalue weighted by Gasteiger charge is -2.07. The lowest BCUT2D eigenvalue weighted by molar-refractivity contribution is 0.102. The Morgan fingerprint density at radius 1 is 0.905 bits per heavy atom. The van der Waals surface area contributed by atoms with Crippen molar-refractivity contribution in [3.63, 3.8) is 0 Å². The van der Waals surface area contributed by atoms with E-state index in [4.69, 9.17) is 11.6 Å². The fourth-order valence-corrected chi connectivity index (χ4v) is 2.15. The van der Waals surface area contributed by atoms with E-state index in [9.17, 15) is 4.79 Å². The van der Waals surface area contributed by atoms with Gasteiger partial charge in [0, 0.05) is 34.4 Å². The van der Waals surface area contributed by atoms with Crippen molar-refractivity contribution in [1.82, 2.24) is 4.57 Å². The first-order valence-corrected chi connectivity index (χ1v) is 6.90. The van der Waals surface area contributed by atoms with Gasteiger partial charge in [-0.25, -0.2) is 0 Å². The van der Waals surface area contributed by atoms with Crippen LogP contribution in [0, 0.1) is 0 Å². The van der Waals surface area contributed by atoms with Crippen molar-refractivity contribution in [2.45, 2.75) is 0 Å². The maximum absolute atomic E-state index is 12.1. The number of carbonyl (C=O) groups is 1. The highest BCUT2D eigenvalue weighted by atomic mass is 35.5. The lowest BCUT2D eigenvalue weighted by atomic mass is 10.2. The first-order chi connectivity index (χ1) is 10.2. The molecule has 1 amide bonds. The summed E-state index contributed by atoms with van der Waals surface area (Å²) in [6.45, 7) is 0. The Hall–Kier alpha value is -2.52. The van der Waals surface area contributed by atoms with Gasteiger partial charge in [0.05, 0.1) is 0 Å². The van der Waals surface area contributed by atoms with E-state index in [0.29, 0.717) is 10.6 Å². The Morgan fingerprint density at radius 3 is 2.14 bits per heavy atom. The van der Waals surface area contributed by atoms with Crippen LogP contribution in [0.5, 0.6) is 0 Å². The molecule has 3 aromatic rings. The molecular weight excluding hydrogens is 284 g/mol. The van der Waals surface area contributed by atoms with Gasteiger partial charge in [-0.15, -0.1) is 0 Å². The van der Waals surface area contributed by atoms with Crippen LogP contribution in [0.1, 0.15) is 10.4 Å². The third-order valence-corrected chi connectivity index (χ3v) is 3.39. The molecular formula is C17H13ClN2O.